The van der Waals surface area contributed by atoms with Crippen LogP contribution in [0.3, 0.4) is 0 Å². The van der Waals surface area contributed by atoms with Crippen molar-refractivity contribution in [3.63, 3.8) is 0 Å². The van der Waals surface area contributed by atoms with E-state index in [2.05, 4.69) is 21.5 Å². The Bertz CT molecular complexity index is 538. The molecule has 0 fully saturated rings. The van der Waals surface area contributed by atoms with Gasteiger partial charge in [-0.2, -0.15) is 10.4 Å². The molecule has 5 nitrogen and oxygen atoms in total. The maximum absolute atomic E-state index is 8.87. The molecule has 17 heavy (non-hydrogen) atoms. The predicted octanol–water partition coefficient (Wildman–Crippen LogP) is 1.57. The number of hydrogen-bond acceptors (Lipinski definition) is 4. The maximum atomic E-state index is 8.87. The van der Waals surface area contributed by atoms with Crippen LogP contribution in [0.5, 0.6) is 0 Å². The van der Waals surface area contributed by atoms with Crippen molar-refractivity contribution in [2.45, 2.75) is 13.5 Å². The van der Waals surface area contributed by atoms with Crippen molar-refractivity contribution in [2.24, 2.45) is 0 Å². The molecule has 2 aromatic heterocycles. The number of anilines is 1. The quantitative estimate of drug-likeness (QED) is 0.861. The summed E-state index contributed by atoms with van der Waals surface area (Å²) in [6.45, 7) is 3.47. The molecular weight excluding hydrogens is 214 g/mol. The van der Waals surface area contributed by atoms with Crippen LogP contribution in [0.25, 0.3) is 0 Å². The molecule has 0 saturated carbocycles. The molecule has 0 aliphatic carbocycles. The maximum Gasteiger partial charge on any atom is 0.163 e. The lowest BCUT2D eigenvalue weighted by atomic mass is 10.3. The number of nitrogens with one attached hydrogen (secondary N) is 1. The Kier molecular flexibility index (Phi) is 3.36. The fourth-order valence-electron chi connectivity index (χ4n) is 1.53. The van der Waals surface area contributed by atoms with Gasteiger partial charge in [-0.3, -0.25) is 4.68 Å². The second-order valence-electron chi connectivity index (χ2n) is 3.72. The van der Waals surface area contributed by atoms with Crippen molar-refractivity contribution in [3.05, 3.63) is 42.0 Å². The SMILES string of the molecule is Cc1cnn(CCNc2cccnc2C#N)c1. The highest BCUT2D eigenvalue weighted by Crippen LogP contribution is 2.09. The summed E-state index contributed by atoms with van der Waals surface area (Å²) in [4.78, 5) is 3.98. The molecule has 86 valence electrons. The summed E-state index contributed by atoms with van der Waals surface area (Å²) in [6.07, 6.45) is 5.42. The van der Waals surface area contributed by atoms with Crippen LogP contribution in [0.15, 0.2) is 30.7 Å². The molecule has 0 atom stereocenters. The number of nitriles is 1. The first-order valence-electron chi connectivity index (χ1n) is 5.37. The fourth-order valence-corrected chi connectivity index (χ4v) is 1.53. The standard InChI is InChI=1S/C12H13N5/c1-10-8-16-17(9-10)6-5-15-11-3-2-4-14-12(11)7-13/h2-4,8-9,15H,5-6H2,1H3. The third kappa shape index (κ3) is 2.82. The zero-order valence-electron chi connectivity index (χ0n) is 9.59. The average Bonchev–Trinajstić information content (AvgIpc) is 2.76. The zero-order chi connectivity index (χ0) is 12.1. The van der Waals surface area contributed by atoms with Crippen LogP contribution in [-0.4, -0.2) is 21.3 Å². The van der Waals surface area contributed by atoms with Crippen LogP contribution in [-0.2, 0) is 6.54 Å². The van der Waals surface area contributed by atoms with Gasteiger partial charge >= 0.3 is 0 Å². The monoisotopic (exact) mass is 227 g/mol. The van der Waals surface area contributed by atoms with Crippen LogP contribution in [0, 0.1) is 18.3 Å². The highest BCUT2D eigenvalue weighted by molar-refractivity contribution is 5.53. The first-order chi connectivity index (χ1) is 8.29. The Labute approximate surface area is 99.7 Å². The second kappa shape index (κ2) is 5.12. The van der Waals surface area contributed by atoms with Crippen LogP contribution in [0.1, 0.15) is 11.3 Å². The van der Waals surface area contributed by atoms with Gasteiger partial charge in [-0.1, -0.05) is 0 Å². The number of aryl methyl sites for hydroxylation is 1. The van der Waals surface area contributed by atoms with Gasteiger partial charge in [0.15, 0.2) is 5.69 Å². The Morgan fingerprint density at radius 2 is 2.41 bits per heavy atom. The van der Waals surface area contributed by atoms with E-state index in [9.17, 15) is 0 Å². The summed E-state index contributed by atoms with van der Waals surface area (Å²) in [5.41, 5.74) is 2.33. The summed E-state index contributed by atoms with van der Waals surface area (Å²) in [6, 6.07) is 5.71. The molecule has 0 unspecified atom stereocenters. The molecule has 0 amide bonds. The molecule has 2 heterocycles. The third-order valence-electron chi connectivity index (χ3n) is 2.33. The van der Waals surface area contributed by atoms with Gasteiger partial charge in [-0.25, -0.2) is 4.98 Å². The predicted molar refractivity (Wildman–Crippen MR) is 64.4 cm³/mol. The molecule has 0 aliphatic rings. The van der Waals surface area contributed by atoms with E-state index in [4.69, 9.17) is 5.26 Å². The topological polar surface area (TPSA) is 66.5 Å². The van der Waals surface area contributed by atoms with E-state index in [1.807, 2.05) is 30.1 Å². The summed E-state index contributed by atoms with van der Waals surface area (Å²) >= 11 is 0. The van der Waals surface area contributed by atoms with E-state index in [1.165, 1.54) is 0 Å². The number of nitrogens with zero attached hydrogens (tertiary/aromatic N) is 4. The van der Waals surface area contributed by atoms with Crippen molar-refractivity contribution >= 4 is 5.69 Å². The molecule has 0 bridgehead atoms. The van der Waals surface area contributed by atoms with Gasteiger partial charge < -0.3 is 5.32 Å². The number of hydrogen-bond donors (Lipinski definition) is 1. The molecule has 2 aromatic rings. The summed E-state index contributed by atoms with van der Waals surface area (Å²) in [5, 5.41) is 16.2. The fraction of sp³-hybridized carbons (Fsp3) is 0.250. The minimum Gasteiger partial charge on any atom is -0.381 e. The second-order valence-corrected chi connectivity index (χ2v) is 3.72. The minimum absolute atomic E-state index is 0.421. The molecule has 2 rings (SSSR count). The number of rotatable bonds is 4. The van der Waals surface area contributed by atoms with Gasteiger partial charge in [-0.05, 0) is 24.6 Å². The molecule has 1 N–H and O–H groups in total. The molecule has 0 saturated heterocycles. The van der Waals surface area contributed by atoms with E-state index >= 15 is 0 Å². The molecule has 0 radical (unpaired) electrons. The van der Waals surface area contributed by atoms with Gasteiger partial charge in [0.1, 0.15) is 6.07 Å². The van der Waals surface area contributed by atoms with Crippen LogP contribution < -0.4 is 5.32 Å². The van der Waals surface area contributed by atoms with Crippen LogP contribution in [0.4, 0.5) is 5.69 Å². The average molecular weight is 227 g/mol. The van der Waals surface area contributed by atoms with Crippen molar-refractivity contribution in [1.82, 2.24) is 14.8 Å². The minimum atomic E-state index is 0.421. The smallest absolute Gasteiger partial charge is 0.163 e. The van der Waals surface area contributed by atoms with E-state index in [0.717, 1.165) is 17.8 Å². The van der Waals surface area contributed by atoms with E-state index in [0.29, 0.717) is 12.2 Å². The van der Waals surface area contributed by atoms with E-state index < -0.39 is 0 Å². The highest BCUT2D eigenvalue weighted by Gasteiger charge is 2.01. The van der Waals surface area contributed by atoms with Gasteiger partial charge in [0, 0.05) is 18.9 Å². The lowest BCUT2D eigenvalue weighted by molar-refractivity contribution is 0.637. The van der Waals surface area contributed by atoms with Crippen molar-refractivity contribution in [2.75, 3.05) is 11.9 Å². The van der Waals surface area contributed by atoms with Gasteiger partial charge in [0.05, 0.1) is 18.4 Å². The Morgan fingerprint density at radius 3 is 3.12 bits per heavy atom. The van der Waals surface area contributed by atoms with Gasteiger partial charge in [0.25, 0.3) is 0 Å². The number of aromatic nitrogens is 3. The molecule has 0 aromatic carbocycles. The lowest BCUT2D eigenvalue weighted by Gasteiger charge is -2.07. The summed E-state index contributed by atoms with van der Waals surface area (Å²) in [7, 11) is 0. The van der Waals surface area contributed by atoms with Crippen molar-refractivity contribution in [1.29, 1.82) is 5.26 Å². The molecular formula is C12H13N5. The Morgan fingerprint density at radius 1 is 1.53 bits per heavy atom. The molecule has 0 spiro atoms. The van der Waals surface area contributed by atoms with Gasteiger partial charge in [-0.15, -0.1) is 0 Å². The van der Waals surface area contributed by atoms with Crippen molar-refractivity contribution in [3.8, 4) is 6.07 Å². The van der Waals surface area contributed by atoms with E-state index in [-0.39, 0.29) is 0 Å². The molecule has 0 aliphatic heterocycles. The van der Waals surface area contributed by atoms with E-state index in [1.54, 1.807) is 12.3 Å². The van der Waals surface area contributed by atoms with Crippen LogP contribution >= 0.6 is 0 Å². The third-order valence-corrected chi connectivity index (χ3v) is 2.33. The summed E-state index contributed by atoms with van der Waals surface area (Å²) in [5.74, 6) is 0. The molecule has 5 heteroatoms. The normalized spacial score (nSPS) is 9.88. The van der Waals surface area contributed by atoms with Gasteiger partial charge in [0.2, 0.25) is 0 Å². The number of pyridine rings is 1. The Balaban J connectivity index is 1.92. The van der Waals surface area contributed by atoms with Crippen LogP contribution in [0.2, 0.25) is 0 Å². The van der Waals surface area contributed by atoms with Crippen molar-refractivity contribution < 1.29 is 0 Å². The highest BCUT2D eigenvalue weighted by atomic mass is 15.3. The zero-order valence-corrected chi connectivity index (χ0v) is 9.59. The first kappa shape index (κ1) is 11.1. The lowest BCUT2D eigenvalue weighted by Crippen LogP contribution is -2.11. The Hall–Kier alpha value is -2.35. The summed E-state index contributed by atoms with van der Waals surface area (Å²) < 4.78 is 1.87. The largest absolute Gasteiger partial charge is 0.381 e. The first-order valence-corrected chi connectivity index (χ1v) is 5.37.